The number of aryl methyl sites for hydroxylation is 3. The monoisotopic (exact) mass is 233 g/mol. The van der Waals surface area contributed by atoms with Gasteiger partial charge in [-0.1, -0.05) is 0 Å². The molecule has 1 atom stereocenters. The lowest BCUT2D eigenvalue weighted by molar-refractivity contribution is 0.506. The molecule has 2 heterocycles. The molecule has 0 amide bonds. The Morgan fingerprint density at radius 3 is 2.71 bits per heavy atom. The number of rotatable bonds is 5. The topological polar surface area (TPSA) is 47.7 Å². The second kappa shape index (κ2) is 5.14. The van der Waals surface area contributed by atoms with E-state index in [1.54, 1.807) is 0 Å². The zero-order valence-corrected chi connectivity index (χ0v) is 10.6. The molecule has 1 unspecified atom stereocenters. The summed E-state index contributed by atoms with van der Waals surface area (Å²) in [6.45, 7) is 0. The van der Waals surface area contributed by atoms with E-state index >= 15 is 0 Å². The van der Waals surface area contributed by atoms with Crippen molar-refractivity contribution in [2.75, 3.05) is 7.05 Å². The van der Waals surface area contributed by atoms with Gasteiger partial charge in [-0.2, -0.15) is 10.2 Å². The molecule has 0 bridgehead atoms. The largest absolute Gasteiger partial charge is 0.312 e. The van der Waals surface area contributed by atoms with Crippen molar-refractivity contribution < 1.29 is 0 Å². The molecule has 2 aromatic rings. The fraction of sp³-hybridized carbons (Fsp3) is 0.500. The molecule has 2 rings (SSSR count). The van der Waals surface area contributed by atoms with Crippen LogP contribution in [0.2, 0.25) is 0 Å². The summed E-state index contributed by atoms with van der Waals surface area (Å²) in [5.74, 6) is 0. The minimum Gasteiger partial charge on any atom is -0.312 e. The fourth-order valence-electron chi connectivity index (χ4n) is 2.08. The molecular formula is C12H19N5. The van der Waals surface area contributed by atoms with Gasteiger partial charge in [0.2, 0.25) is 0 Å². The van der Waals surface area contributed by atoms with Crippen molar-refractivity contribution in [2.45, 2.75) is 18.9 Å². The zero-order valence-electron chi connectivity index (χ0n) is 10.6. The summed E-state index contributed by atoms with van der Waals surface area (Å²) in [5, 5.41) is 11.7. The van der Waals surface area contributed by atoms with Crippen molar-refractivity contribution in [3.05, 3.63) is 35.9 Å². The van der Waals surface area contributed by atoms with Crippen LogP contribution in [0.15, 0.2) is 24.7 Å². The molecule has 0 aliphatic carbocycles. The summed E-state index contributed by atoms with van der Waals surface area (Å²) in [4.78, 5) is 0. The van der Waals surface area contributed by atoms with E-state index in [0.29, 0.717) is 6.04 Å². The molecule has 0 radical (unpaired) electrons. The van der Waals surface area contributed by atoms with Crippen molar-refractivity contribution in [3.63, 3.8) is 0 Å². The molecule has 0 fully saturated rings. The van der Waals surface area contributed by atoms with Crippen molar-refractivity contribution in [1.82, 2.24) is 24.9 Å². The van der Waals surface area contributed by atoms with E-state index in [1.165, 1.54) is 11.3 Å². The third-order valence-electron chi connectivity index (χ3n) is 3.04. The standard InChI is InChI=1S/C12H19N5/c1-13-11(12-6-7-14-17(12)3)5-4-10-8-15-16(2)9-10/h6-9,11,13H,4-5H2,1-3H3. The van der Waals surface area contributed by atoms with E-state index in [2.05, 4.69) is 27.8 Å². The molecule has 5 heteroatoms. The average molecular weight is 233 g/mol. The SMILES string of the molecule is CNC(CCc1cnn(C)c1)c1ccnn1C. The number of nitrogens with zero attached hydrogens (tertiary/aromatic N) is 4. The maximum Gasteiger partial charge on any atom is 0.0550 e. The van der Waals surface area contributed by atoms with Crippen LogP contribution < -0.4 is 5.32 Å². The highest BCUT2D eigenvalue weighted by Gasteiger charge is 2.12. The van der Waals surface area contributed by atoms with Gasteiger partial charge in [0.1, 0.15) is 0 Å². The Kier molecular flexibility index (Phi) is 3.58. The summed E-state index contributed by atoms with van der Waals surface area (Å²) >= 11 is 0. The molecule has 0 saturated carbocycles. The van der Waals surface area contributed by atoms with Crippen molar-refractivity contribution >= 4 is 0 Å². The lowest BCUT2D eigenvalue weighted by Gasteiger charge is -2.15. The fourth-order valence-corrected chi connectivity index (χ4v) is 2.08. The minimum absolute atomic E-state index is 0.336. The van der Waals surface area contributed by atoms with Crippen LogP contribution in [0, 0.1) is 0 Å². The van der Waals surface area contributed by atoms with Crippen LogP contribution in [0.25, 0.3) is 0 Å². The van der Waals surface area contributed by atoms with Gasteiger partial charge < -0.3 is 5.32 Å². The highest BCUT2D eigenvalue weighted by molar-refractivity contribution is 5.09. The summed E-state index contributed by atoms with van der Waals surface area (Å²) < 4.78 is 3.76. The molecule has 17 heavy (non-hydrogen) atoms. The average Bonchev–Trinajstić information content (AvgIpc) is 2.90. The first-order valence-corrected chi connectivity index (χ1v) is 5.83. The van der Waals surface area contributed by atoms with E-state index in [9.17, 15) is 0 Å². The number of hydrogen-bond donors (Lipinski definition) is 1. The highest BCUT2D eigenvalue weighted by atomic mass is 15.3. The van der Waals surface area contributed by atoms with Gasteiger partial charge in [-0.3, -0.25) is 9.36 Å². The van der Waals surface area contributed by atoms with Gasteiger partial charge in [0.15, 0.2) is 0 Å². The molecule has 5 nitrogen and oxygen atoms in total. The third-order valence-corrected chi connectivity index (χ3v) is 3.04. The van der Waals surface area contributed by atoms with Crippen LogP contribution in [-0.2, 0) is 20.5 Å². The second-order valence-corrected chi connectivity index (χ2v) is 4.28. The summed E-state index contributed by atoms with van der Waals surface area (Å²) in [6, 6.07) is 2.40. The Morgan fingerprint density at radius 1 is 1.35 bits per heavy atom. The molecule has 0 aliphatic heterocycles. The normalized spacial score (nSPS) is 12.9. The van der Waals surface area contributed by atoms with E-state index in [-0.39, 0.29) is 0 Å². The van der Waals surface area contributed by atoms with Gasteiger partial charge in [-0.05, 0) is 31.5 Å². The van der Waals surface area contributed by atoms with Crippen LogP contribution in [-0.4, -0.2) is 26.6 Å². The third kappa shape index (κ3) is 2.74. The molecule has 0 spiro atoms. The first-order chi connectivity index (χ1) is 8.20. The summed E-state index contributed by atoms with van der Waals surface area (Å²) in [5.41, 5.74) is 2.49. The first kappa shape index (κ1) is 11.9. The van der Waals surface area contributed by atoms with Crippen LogP contribution in [0.4, 0.5) is 0 Å². The highest BCUT2D eigenvalue weighted by Crippen LogP contribution is 2.17. The van der Waals surface area contributed by atoms with Crippen molar-refractivity contribution in [2.24, 2.45) is 14.1 Å². The predicted molar refractivity (Wildman–Crippen MR) is 66.5 cm³/mol. The van der Waals surface area contributed by atoms with Gasteiger partial charge in [0, 0.05) is 32.5 Å². The molecule has 0 aliphatic rings. The van der Waals surface area contributed by atoms with Gasteiger partial charge in [-0.25, -0.2) is 0 Å². The van der Waals surface area contributed by atoms with E-state index in [4.69, 9.17) is 0 Å². The Labute approximate surface area is 101 Å². The molecule has 92 valence electrons. The Bertz CT molecular complexity index is 471. The zero-order chi connectivity index (χ0) is 12.3. The van der Waals surface area contributed by atoms with Gasteiger partial charge in [0.05, 0.1) is 11.9 Å². The maximum absolute atomic E-state index is 4.20. The Balaban J connectivity index is 1.99. The lowest BCUT2D eigenvalue weighted by atomic mass is 10.1. The summed E-state index contributed by atoms with van der Waals surface area (Å²) in [7, 11) is 5.91. The molecule has 0 saturated heterocycles. The van der Waals surface area contributed by atoms with E-state index in [0.717, 1.165) is 12.8 Å². The molecule has 0 aromatic carbocycles. The van der Waals surface area contributed by atoms with Crippen LogP contribution in [0.1, 0.15) is 23.7 Å². The lowest BCUT2D eigenvalue weighted by Crippen LogP contribution is -2.20. The maximum atomic E-state index is 4.20. The van der Waals surface area contributed by atoms with Gasteiger partial charge in [0.25, 0.3) is 0 Å². The van der Waals surface area contributed by atoms with Crippen LogP contribution in [0.3, 0.4) is 0 Å². The quantitative estimate of drug-likeness (QED) is 0.839. The van der Waals surface area contributed by atoms with Crippen LogP contribution >= 0.6 is 0 Å². The smallest absolute Gasteiger partial charge is 0.0550 e. The number of aromatic nitrogens is 4. The van der Waals surface area contributed by atoms with E-state index < -0.39 is 0 Å². The Hall–Kier alpha value is -1.62. The van der Waals surface area contributed by atoms with Crippen molar-refractivity contribution in [3.8, 4) is 0 Å². The van der Waals surface area contributed by atoms with Crippen LogP contribution in [0.5, 0.6) is 0 Å². The van der Waals surface area contributed by atoms with Gasteiger partial charge in [-0.15, -0.1) is 0 Å². The molecular weight excluding hydrogens is 214 g/mol. The number of hydrogen-bond acceptors (Lipinski definition) is 3. The van der Waals surface area contributed by atoms with E-state index in [1.807, 2.05) is 42.9 Å². The predicted octanol–water partition coefficient (Wildman–Crippen LogP) is 1.05. The molecule has 1 N–H and O–H groups in total. The van der Waals surface area contributed by atoms with Gasteiger partial charge >= 0.3 is 0 Å². The molecule has 2 aromatic heterocycles. The second-order valence-electron chi connectivity index (χ2n) is 4.28. The minimum atomic E-state index is 0.336. The van der Waals surface area contributed by atoms with Crippen molar-refractivity contribution in [1.29, 1.82) is 0 Å². The summed E-state index contributed by atoms with van der Waals surface area (Å²) in [6.07, 6.45) is 7.89. The first-order valence-electron chi connectivity index (χ1n) is 5.83. The number of nitrogens with one attached hydrogen (secondary N) is 1. The Morgan fingerprint density at radius 2 is 2.18 bits per heavy atom.